The van der Waals surface area contributed by atoms with Crippen LogP contribution in [-0.2, 0) is 16.0 Å². The molecule has 3 saturated carbocycles. The van der Waals surface area contributed by atoms with Crippen molar-refractivity contribution in [2.24, 2.45) is 34.5 Å². The van der Waals surface area contributed by atoms with E-state index in [0.717, 1.165) is 51.4 Å². The van der Waals surface area contributed by atoms with Crippen LogP contribution in [0.4, 0.5) is 0 Å². The van der Waals surface area contributed by atoms with Gasteiger partial charge in [-0.3, -0.25) is 9.59 Å². The molecule has 1 aromatic rings. The van der Waals surface area contributed by atoms with Crippen LogP contribution in [0.25, 0.3) is 0 Å². The third-order valence-electron chi connectivity index (χ3n) is 9.70. The normalized spacial score (nSPS) is 40.4. The van der Waals surface area contributed by atoms with Crippen LogP contribution in [0.3, 0.4) is 0 Å². The number of allylic oxidation sites excluding steroid dienone is 1. The van der Waals surface area contributed by atoms with E-state index in [1.807, 2.05) is 0 Å². The summed E-state index contributed by atoms with van der Waals surface area (Å²) in [7, 11) is 0. The summed E-state index contributed by atoms with van der Waals surface area (Å²) in [5.74, 6) is 3.00. The van der Waals surface area contributed by atoms with Crippen LogP contribution >= 0.6 is 0 Å². The largest absolute Gasteiger partial charge is 0.299 e. The minimum absolute atomic E-state index is 0.0572. The first-order valence-corrected chi connectivity index (χ1v) is 12.2. The molecule has 0 aliphatic heterocycles. The number of fused-ring (bicyclic) bond motifs is 5. The van der Waals surface area contributed by atoms with Gasteiger partial charge in [-0.15, -0.1) is 0 Å². The van der Waals surface area contributed by atoms with Gasteiger partial charge < -0.3 is 0 Å². The van der Waals surface area contributed by atoms with Gasteiger partial charge in [0.05, 0.1) is 0 Å². The van der Waals surface area contributed by atoms with Crippen molar-refractivity contribution in [3.05, 3.63) is 47.5 Å². The Morgan fingerprint density at radius 2 is 1.70 bits per heavy atom. The average molecular weight is 405 g/mol. The molecular formula is C28H36O2. The number of rotatable bonds is 4. The molecule has 0 amide bonds. The van der Waals surface area contributed by atoms with Crippen molar-refractivity contribution in [3.8, 4) is 0 Å². The van der Waals surface area contributed by atoms with Crippen molar-refractivity contribution in [2.45, 2.75) is 78.1 Å². The van der Waals surface area contributed by atoms with Gasteiger partial charge in [0.25, 0.3) is 0 Å². The van der Waals surface area contributed by atoms with Crippen molar-refractivity contribution in [3.63, 3.8) is 0 Å². The Morgan fingerprint density at radius 3 is 2.50 bits per heavy atom. The molecule has 4 aliphatic rings. The van der Waals surface area contributed by atoms with E-state index in [1.165, 1.54) is 24.0 Å². The number of hydrogen-bond acceptors (Lipinski definition) is 2. The quantitative estimate of drug-likeness (QED) is 0.587. The first-order chi connectivity index (χ1) is 14.4. The molecule has 6 atom stereocenters. The topological polar surface area (TPSA) is 34.1 Å². The Hall–Kier alpha value is -1.70. The minimum atomic E-state index is -0.0572. The first kappa shape index (κ1) is 20.2. The number of ketones is 2. The van der Waals surface area contributed by atoms with E-state index >= 15 is 0 Å². The fourth-order valence-corrected chi connectivity index (χ4v) is 7.96. The predicted molar refractivity (Wildman–Crippen MR) is 120 cm³/mol. The Labute approximate surface area is 181 Å². The highest BCUT2D eigenvalue weighted by Gasteiger charge is 2.59. The van der Waals surface area contributed by atoms with Crippen LogP contribution in [0, 0.1) is 34.5 Å². The number of carbonyl (C=O) groups excluding carboxylic acids is 2. The third kappa shape index (κ3) is 3.13. The van der Waals surface area contributed by atoms with Crippen molar-refractivity contribution in [1.29, 1.82) is 0 Å². The van der Waals surface area contributed by atoms with Crippen molar-refractivity contribution < 1.29 is 9.59 Å². The second kappa shape index (κ2) is 7.46. The summed E-state index contributed by atoms with van der Waals surface area (Å²) in [6.07, 6.45) is 12.6. The summed E-state index contributed by atoms with van der Waals surface area (Å²) >= 11 is 0. The summed E-state index contributed by atoms with van der Waals surface area (Å²) < 4.78 is 0. The molecule has 1 aromatic carbocycles. The second-order valence-electron chi connectivity index (χ2n) is 11.1. The van der Waals surface area contributed by atoms with Crippen molar-refractivity contribution in [1.82, 2.24) is 0 Å². The molecule has 2 heteroatoms. The molecule has 4 aliphatic carbocycles. The van der Waals surface area contributed by atoms with E-state index in [0.29, 0.717) is 29.3 Å². The molecular weight excluding hydrogens is 368 g/mol. The zero-order valence-electron chi connectivity index (χ0n) is 18.7. The average Bonchev–Trinajstić information content (AvgIpc) is 3.04. The maximum atomic E-state index is 12.9. The van der Waals surface area contributed by atoms with Crippen LogP contribution < -0.4 is 0 Å². The Bertz CT molecular complexity index is 868. The molecule has 0 radical (unpaired) electrons. The molecule has 0 unspecified atom stereocenters. The number of Topliss-reactive ketones (excluding diaryl/α,β-unsaturated/α-hetero) is 1. The Morgan fingerprint density at radius 1 is 0.933 bits per heavy atom. The van der Waals surface area contributed by atoms with Gasteiger partial charge in [0.1, 0.15) is 5.78 Å². The van der Waals surface area contributed by atoms with Gasteiger partial charge in [-0.05, 0) is 92.6 Å². The molecule has 30 heavy (non-hydrogen) atoms. The molecule has 3 fully saturated rings. The second-order valence-corrected chi connectivity index (χ2v) is 11.1. The van der Waals surface area contributed by atoms with Gasteiger partial charge in [0, 0.05) is 17.8 Å². The zero-order valence-corrected chi connectivity index (χ0v) is 18.7. The lowest BCUT2D eigenvalue weighted by atomic mass is 9.46. The lowest BCUT2D eigenvalue weighted by Crippen LogP contribution is -2.51. The van der Waals surface area contributed by atoms with E-state index in [2.05, 4.69) is 50.3 Å². The summed E-state index contributed by atoms with van der Waals surface area (Å²) in [5, 5.41) is 0. The summed E-state index contributed by atoms with van der Waals surface area (Å²) in [5.41, 5.74) is 2.92. The number of carbonyl (C=O) groups is 2. The molecule has 5 rings (SSSR count). The van der Waals surface area contributed by atoms with Crippen molar-refractivity contribution in [2.75, 3.05) is 0 Å². The monoisotopic (exact) mass is 404 g/mol. The zero-order chi connectivity index (χ0) is 20.9. The summed E-state index contributed by atoms with van der Waals surface area (Å²) in [6.45, 7) is 4.72. The Balaban J connectivity index is 1.32. The van der Waals surface area contributed by atoms with Gasteiger partial charge in [-0.2, -0.15) is 0 Å². The van der Waals surface area contributed by atoms with E-state index in [9.17, 15) is 9.59 Å². The Kier molecular flexibility index (Phi) is 5.03. The molecule has 2 nitrogen and oxygen atoms in total. The predicted octanol–water partition coefficient (Wildman–Crippen LogP) is 6.34. The molecule has 160 valence electrons. The molecule has 0 heterocycles. The standard InChI is InChI=1S/C28H36O2/c1-27-16-15-24-22(23(27)13-14-26(27)30)12-11-21-17-25(29)20(18-28(21,24)2)10-6-9-19-7-4-3-5-8-19/h3-5,7-8,17,20,22-24H,6,9-16,18H2,1-2H3/t20-,22+,23+,24+,27+,28+/m1/s1. The smallest absolute Gasteiger partial charge is 0.158 e. The van der Waals surface area contributed by atoms with Gasteiger partial charge in [0.15, 0.2) is 5.78 Å². The van der Waals surface area contributed by atoms with E-state index in [4.69, 9.17) is 0 Å². The van der Waals surface area contributed by atoms with Crippen LogP contribution in [0.2, 0.25) is 0 Å². The molecule has 0 N–H and O–H groups in total. The number of hydrogen-bond donors (Lipinski definition) is 0. The van der Waals surface area contributed by atoms with Crippen LogP contribution in [0.5, 0.6) is 0 Å². The van der Waals surface area contributed by atoms with Crippen molar-refractivity contribution >= 4 is 11.6 Å². The highest BCUT2D eigenvalue weighted by molar-refractivity contribution is 5.93. The van der Waals surface area contributed by atoms with Gasteiger partial charge in [0.2, 0.25) is 0 Å². The van der Waals surface area contributed by atoms with Crippen LogP contribution in [-0.4, -0.2) is 11.6 Å². The number of aryl methyl sites for hydroxylation is 1. The first-order valence-electron chi connectivity index (χ1n) is 12.2. The maximum Gasteiger partial charge on any atom is 0.158 e. The fourth-order valence-electron chi connectivity index (χ4n) is 7.96. The summed E-state index contributed by atoms with van der Waals surface area (Å²) in [4.78, 5) is 25.6. The van der Waals surface area contributed by atoms with E-state index in [1.54, 1.807) is 0 Å². The van der Waals surface area contributed by atoms with Crippen LogP contribution in [0.1, 0.15) is 77.2 Å². The van der Waals surface area contributed by atoms with E-state index < -0.39 is 0 Å². The third-order valence-corrected chi connectivity index (χ3v) is 9.70. The molecule has 0 spiro atoms. The highest BCUT2D eigenvalue weighted by Crippen LogP contribution is 2.64. The maximum absolute atomic E-state index is 12.9. The lowest BCUT2D eigenvalue weighted by molar-refractivity contribution is -0.133. The SMILES string of the molecule is C[C@]12C[C@@H](CCCc3ccccc3)C(=O)C=C1CC[C@@H]1[C@@H]2CC[C@]2(C)C(=O)CC[C@@H]12. The molecule has 0 aromatic heterocycles. The number of benzene rings is 1. The van der Waals surface area contributed by atoms with Crippen LogP contribution in [0.15, 0.2) is 42.0 Å². The fraction of sp³-hybridized carbons (Fsp3) is 0.643. The van der Waals surface area contributed by atoms with Gasteiger partial charge >= 0.3 is 0 Å². The minimum Gasteiger partial charge on any atom is -0.299 e. The summed E-state index contributed by atoms with van der Waals surface area (Å²) in [6, 6.07) is 10.6. The van der Waals surface area contributed by atoms with Gasteiger partial charge in [-0.25, -0.2) is 0 Å². The lowest BCUT2D eigenvalue weighted by Gasteiger charge is -2.57. The van der Waals surface area contributed by atoms with E-state index in [-0.39, 0.29) is 16.7 Å². The molecule has 0 saturated heterocycles. The van der Waals surface area contributed by atoms with Gasteiger partial charge in [-0.1, -0.05) is 49.8 Å². The molecule has 0 bridgehead atoms. The highest BCUT2D eigenvalue weighted by atomic mass is 16.1.